The average molecular weight is 495 g/mol. The molecular formula is C26H34N6O4. The standard InChI is InChI=1S/C26H34N6O4/c1-36-26(35)29-18-12-19-24(20(13-18)32-25(34)17-10-8-16(14-27)9-11-17)21-15-28-22(30-21)6-4-2-3-5-7-23(33)31-19/h2-3,12-13,15-17H,4-11,14,27H2,1H3,(H,28,30)(H,29,35)(H,31,33)(H,32,34). The summed E-state index contributed by atoms with van der Waals surface area (Å²) >= 11 is 0. The number of ether oxygens (including phenoxy) is 1. The lowest BCUT2D eigenvalue weighted by Crippen LogP contribution is -2.29. The molecule has 36 heavy (non-hydrogen) atoms. The van der Waals surface area contributed by atoms with Crippen molar-refractivity contribution in [2.75, 3.05) is 29.6 Å². The van der Waals surface area contributed by atoms with E-state index in [0.29, 0.717) is 53.6 Å². The van der Waals surface area contributed by atoms with Crippen molar-refractivity contribution in [3.05, 3.63) is 36.3 Å². The van der Waals surface area contributed by atoms with Crippen LogP contribution in [0.25, 0.3) is 11.3 Å². The van der Waals surface area contributed by atoms with Gasteiger partial charge in [0.1, 0.15) is 5.82 Å². The van der Waals surface area contributed by atoms with Crippen LogP contribution in [0.15, 0.2) is 30.5 Å². The number of nitrogens with zero attached hydrogens (tertiary/aromatic N) is 1. The first-order chi connectivity index (χ1) is 17.5. The molecule has 3 amide bonds. The summed E-state index contributed by atoms with van der Waals surface area (Å²) < 4.78 is 4.75. The molecule has 0 radical (unpaired) electrons. The molecule has 2 heterocycles. The van der Waals surface area contributed by atoms with Crippen molar-refractivity contribution in [3.63, 3.8) is 0 Å². The number of nitrogens with two attached hydrogens (primary N) is 1. The maximum atomic E-state index is 13.3. The lowest BCUT2D eigenvalue weighted by Gasteiger charge is -2.27. The summed E-state index contributed by atoms with van der Waals surface area (Å²) in [5.41, 5.74) is 8.38. The van der Waals surface area contributed by atoms with Gasteiger partial charge in [-0.2, -0.15) is 0 Å². The second-order valence-corrected chi connectivity index (χ2v) is 9.35. The van der Waals surface area contributed by atoms with Gasteiger partial charge in [0.05, 0.1) is 30.4 Å². The molecule has 10 nitrogen and oxygen atoms in total. The fourth-order valence-electron chi connectivity index (χ4n) is 4.77. The summed E-state index contributed by atoms with van der Waals surface area (Å²) in [5.74, 6) is 0.863. The molecule has 0 unspecified atom stereocenters. The number of benzene rings is 1. The Balaban J connectivity index is 1.73. The number of nitrogens with one attached hydrogen (secondary N) is 4. The van der Waals surface area contributed by atoms with Gasteiger partial charge in [0, 0.05) is 30.0 Å². The number of hydrogen-bond acceptors (Lipinski definition) is 6. The first kappa shape index (κ1) is 25.4. The molecule has 1 aliphatic heterocycles. The number of aryl methyl sites for hydroxylation is 1. The molecule has 0 saturated heterocycles. The summed E-state index contributed by atoms with van der Waals surface area (Å²) in [6.45, 7) is 0.639. The maximum Gasteiger partial charge on any atom is 0.411 e. The summed E-state index contributed by atoms with van der Waals surface area (Å²) in [4.78, 5) is 45.9. The van der Waals surface area contributed by atoms with E-state index >= 15 is 0 Å². The number of amides is 3. The molecule has 1 aliphatic carbocycles. The lowest BCUT2D eigenvalue weighted by molar-refractivity contribution is -0.121. The zero-order chi connectivity index (χ0) is 25.5. The summed E-state index contributed by atoms with van der Waals surface area (Å²) in [5, 5.41) is 8.67. The van der Waals surface area contributed by atoms with Crippen LogP contribution in [0.3, 0.4) is 0 Å². The van der Waals surface area contributed by atoms with E-state index in [9.17, 15) is 14.4 Å². The molecule has 2 bridgehead atoms. The van der Waals surface area contributed by atoms with Crippen LogP contribution in [0.1, 0.15) is 50.8 Å². The van der Waals surface area contributed by atoms with Crippen molar-refractivity contribution >= 4 is 35.0 Å². The second-order valence-electron chi connectivity index (χ2n) is 9.35. The predicted molar refractivity (Wildman–Crippen MR) is 139 cm³/mol. The number of carbonyl (C=O) groups is 3. The summed E-state index contributed by atoms with van der Waals surface area (Å²) in [6, 6.07) is 3.33. The van der Waals surface area contributed by atoms with E-state index in [1.54, 1.807) is 18.3 Å². The number of aromatic amines is 1. The van der Waals surface area contributed by atoms with Gasteiger partial charge >= 0.3 is 6.09 Å². The average Bonchev–Trinajstić information content (AvgIpc) is 3.34. The van der Waals surface area contributed by atoms with Crippen LogP contribution in [0.2, 0.25) is 0 Å². The van der Waals surface area contributed by atoms with Gasteiger partial charge in [0.15, 0.2) is 0 Å². The molecule has 0 spiro atoms. The Morgan fingerprint density at radius 2 is 1.86 bits per heavy atom. The van der Waals surface area contributed by atoms with Gasteiger partial charge in [-0.15, -0.1) is 0 Å². The van der Waals surface area contributed by atoms with Crippen molar-refractivity contribution in [2.45, 2.75) is 51.4 Å². The molecule has 1 saturated carbocycles. The van der Waals surface area contributed by atoms with E-state index in [4.69, 9.17) is 10.5 Å². The van der Waals surface area contributed by atoms with Crippen LogP contribution in [0.5, 0.6) is 0 Å². The Bertz CT molecular complexity index is 1130. The minimum Gasteiger partial charge on any atom is -0.453 e. The number of imidazole rings is 1. The van der Waals surface area contributed by atoms with Gasteiger partial charge in [-0.3, -0.25) is 14.9 Å². The van der Waals surface area contributed by atoms with E-state index in [-0.39, 0.29) is 17.7 Å². The van der Waals surface area contributed by atoms with E-state index in [1.165, 1.54) is 7.11 Å². The smallest absolute Gasteiger partial charge is 0.411 e. The monoisotopic (exact) mass is 494 g/mol. The normalized spacial score (nSPS) is 20.1. The van der Waals surface area contributed by atoms with E-state index in [1.807, 2.05) is 12.2 Å². The molecular weight excluding hydrogens is 460 g/mol. The number of rotatable bonds is 4. The summed E-state index contributed by atoms with van der Waals surface area (Å²) in [6.07, 6.45) is 10.9. The molecule has 2 aliphatic rings. The minimum atomic E-state index is -0.655. The Kier molecular flexibility index (Phi) is 8.37. The maximum absolute atomic E-state index is 13.3. The Morgan fingerprint density at radius 3 is 2.58 bits per heavy atom. The second kappa shape index (κ2) is 11.9. The van der Waals surface area contributed by atoms with Crippen molar-refractivity contribution in [2.24, 2.45) is 17.6 Å². The molecule has 4 rings (SSSR count). The van der Waals surface area contributed by atoms with Gasteiger partial charge in [0.2, 0.25) is 11.8 Å². The summed E-state index contributed by atoms with van der Waals surface area (Å²) in [7, 11) is 1.27. The highest BCUT2D eigenvalue weighted by molar-refractivity contribution is 6.05. The van der Waals surface area contributed by atoms with Crippen molar-refractivity contribution in [3.8, 4) is 11.3 Å². The number of methoxy groups -OCH3 is 1. The van der Waals surface area contributed by atoms with Gasteiger partial charge < -0.3 is 26.1 Å². The SMILES string of the molecule is COC(=O)Nc1cc2c(c(NC(=O)C3CCC(CN)CC3)c1)-c1cnc([nH]1)CCC=CCCC(=O)N2. The van der Waals surface area contributed by atoms with E-state index in [2.05, 4.69) is 25.9 Å². The third kappa shape index (κ3) is 6.31. The van der Waals surface area contributed by atoms with Crippen molar-refractivity contribution < 1.29 is 19.1 Å². The van der Waals surface area contributed by atoms with Gasteiger partial charge in [-0.25, -0.2) is 9.78 Å². The van der Waals surface area contributed by atoms with E-state index in [0.717, 1.165) is 44.3 Å². The molecule has 1 aromatic carbocycles. The number of hydrogen-bond donors (Lipinski definition) is 5. The lowest BCUT2D eigenvalue weighted by atomic mass is 9.81. The quantitative estimate of drug-likeness (QED) is 0.402. The first-order valence-electron chi connectivity index (χ1n) is 12.5. The molecule has 10 heteroatoms. The highest BCUT2D eigenvalue weighted by Gasteiger charge is 2.27. The van der Waals surface area contributed by atoms with Crippen LogP contribution in [-0.2, 0) is 20.7 Å². The van der Waals surface area contributed by atoms with Crippen molar-refractivity contribution in [1.29, 1.82) is 0 Å². The highest BCUT2D eigenvalue weighted by atomic mass is 16.5. The third-order valence-electron chi connectivity index (χ3n) is 6.80. The van der Waals surface area contributed by atoms with Crippen molar-refractivity contribution in [1.82, 2.24) is 9.97 Å². The Morgan fingerprint density at radius 1 is 1.11 bits per heavy atom. The molecule has 1 aromatic heterocycles. The van der Waals surface area contributed by atoms with Crippen LogP contribution in [-0.4, -0.2) is 41.5 Å². The van der Waals surface area contributed by atoms with Gasteiger partial charge in [0.25, 0.3) is 0 Å². The topological polar surface area (TPSA) is 151 Å². The van der Waals surface area contributed by atoms with Crippen LogP contribution in [0.4, 0.5) is 21.9 Å². The number of carbonyl (C=O) groups excluding carboxylic acids is 3. The molecule has 2 aromatic rings. The number of fused-ring (bicyclic) bond motifs is 4. The molecule has 0 atom stereocenters. The van der Waals surface area contributed by atoms with Gasteiger partial charge in [-0.1, -0.05) is 12.2 Å². The van der Waals surface area contributed by atoms with Crippen LogP contribution < -0.4 is 21.7 Å². The minimum absolute atomic E-state index is 0.0962. The number of aromatic nitrogens is 2. The molecule has 192 valence electrons. The first-order valence-corrected chi connectivity index (χ1v) is 12.5. The molecule has 1 fully saturated rings. The van der Waals surface area contributed by atoms with Crippen LogP contribution >= 0.6 is 0 Å². The fraction of sp³-hybridized carbons (Fsp3) is 0.462. The Labute approximate surface area is 210 Å². The van der Waals surface area contributed by atoms with Crippen LogP contribution in [0, 0.1) is 11.8 Å². The highest BCUT2D eigenvalue weighted by Crippen LogP contribution is 2.39. The zero-order valence-corrected chi connectivity index (χ0v) is 20.6. The number of anilines is 3. The third-order valence-corrected chi connectivity index (χ3v) is 6.80. The van der Waals surface area contributed by atoms with E-state index < -0.39 is 6.09 Å². The largest absolute Gasteiger partial charge is 0.453 e. The number of allylic oxidation sites excluding steroid dienone is 2. The zero-order valence-electron chi connectivity index (χ0n) is 20.6. The predicted octanol–water partition coefficient (Wildman–Crippen LogP) is 4.18. The Hall–Kier alpha value is -3.66. The molecule has 6 N–H and O–H groups in total. The fourth-order valence-corrected chi connectivity index (χ4v) is 4.77. The van der Waals surface area contributed by atoms with Gasteiger partial charge in [-0.05, 0) is 63.1 Å². The number of H-pyrrole nitrogens is 1.